The lowest BCUT2D eigenvalue weighted by Crippen LogP contribution is -2.16. The number of anilines is 1. The van der Waals surface area contributed by atoms with Crippen LogP contribution >= 0.6 is 15.9 Å². The summed E-state index contributed by atoms with van der Waals surface area (Å²) in [5.41, 5.74) is 5.92. The Bertz CT molecular complexity index is 622. The summed E-state index contributed by atoms with van der Waals surface area (Å²) in [6, 6.07) is 4.28. The van der Waals surface area contributed by atoms with E-state index in [-0.39, 0.29) is 4.90 Å². The molecule has 0 aromatic heterocycles. The maximum atomic E-state index is 11.9. The summed E-state index contributed by atoms with van der Waals surface area (Å²) in [5, 5.41) is 0. The molecule has 0 aliphatic heterocycles. The summed E-state index contributed by atoms with van der Waals surface area (Å²) in [6.45, 7) is 0. The summed E-state index contributed by atoms with van der Waals surface area (Å²) < 4.78 is 46.0. The number of nitrogens with two attached hydrogens (primary N) is 1. The normalized spacial score (nSPS) is 12.6. The third-order valence-corrected chi connectivity index (χ3v) is 5.90. The van der Waals surface area contributed by atoms with Crippen LogP contribution in [-0.2, 0) is 19.7 Å². The topological polar surface area (TPSA) is 94.3 Å². The van der Waals surface area contributed by atoms with Gasteiger partial charge in [0, 0.05) is 16.4 Å². The lowest BCUT2D eigenvalue weighted by atomic mass is 10.3. The van der Waals surface area contributed by atoms with Crippen LogP contribution in [0.4, 0.5) is 5.69 Å². The second-order valence-electron chi connectivity index (χ2n) is 3.64. The maximum Gasteiger partial charge on any atom is 0.180 e. The first-order valence-electron chi connectivity index (χ1n) is 4.57. The molecule has 0 fully saturated rings. The molecule has 17 heavy (non-hydrogen) atoms. The van der Waals surface area contributed by atoms with Crippen molar-refractivity contribution in [2.75, 3.05) is 23.5 Å². The van der Waals surface area contributed by atoms with Crippen LogP contribution in [0.1, 0.15) is 0 Å². The Kier molecular flexibility index (Phi) is 4.21. The van der Waals surface area contributed by atoms with Crippen LogP contribution in [0.3, 0.4) is 0 Å². The van der Waals surface area contributed by atoms with Gasteiger partial charge >= 0.3 is 0 Å². The molecule has 0 aliphatic rings. The fraction of sp³-hybridized carbons (Fsp3) is 0.333. The highest BCUT2D eigenvalue weighted by Crippen LogP contribution is 2.25. The Hall–Kier alpha value is -0.600. The molecule has 0 atom stereocenters. The van der Waals surface area contributed by atoms with Gasteiger partial charge in [-0.3, -0.25) is 0 Å². The number of hydrogen-bond donors (Lipinski definition) is 1. The van der Waals surface area contributed by atoms with E-state index in [1.165, 1.54) is 18.2 Å². The van der Waals surface area contributed by atoms with Crippen molar-refractivity contribution < 1.29 is 16.8 Å². The molecule has 0 unspecified atom stereocenters. The Morgan fingerprint density at radius 2 is 1.76 bits per heavy atom. The van der Waals surface area contributed by atoms with Crippen molar-refractivity contribution in [1.29, 1.82) is 0 Å². The Morgan fingerprint density at radius 3 is 2.24 bits per heavy atom. The fourth-order valence-corrected chi connectivity index (χ4v) is 5.22. The van der Waals surface area contributed by atoms with Crippen LogP contribution in [0, 0.1) is 0 Å². The van der Waals surface area contributed by atoms with E-state index in [0.717, 1.165) is 6.26 Å². The summed E-state index contributed by atoms with van der Waals surface area (Å²) in [4.78, 5) is 0.0513. The molecule has 0 heterocycles. The van der Waals surface area contributed by atoms with E-state index < -0.39 is 31.2 Å². The largest absolute Gasteiger partial charge is 0.399 e. The van der Waals surface area contributed by atoms with Gasteiger partial charge in [-0.15, -0.1) is 0 Å². The Balaban J connectivity index is 3.06. The van der Waals surface area contributed by atoms with Crippen molar-refractivity contribution in [3.8, 4) is 0 Å². The molecule has 0 saturated heterocycles. The van der Waals surface area contributed by atoms with Crippen LogP contribution < -0.4 is 5.73 Å². The lowest BCUT2D eigenvalue weighted by molar-refractivity contribution is 0.590. The second-order valence-corrected chi connectivity index (χ2v) is 8.83. The predicted molar refractivity (Wildman–Crippen MR) is 70.3 cm³/mol. The van der Waals surface area contributed by atoms with Gasteiger partial charge in [0.05, 0.1) is 16.4 Å². The van der Waals surface area contributed by atoms with Crippen molar-refractivity contribution in [3.63, 3.8) is 0 Å². The van der Waals surface area contributed by atoms with Crippen molar-refractivity contribution in [2.45, 2.75) is 4.90 Å². The first-order valence-corrected chi connectivity index (χ1v) is 9.08. The van der Waals surface area contributed by atoms with Gasteiger partial charge in [-0.05, 0) is 34.1 Å². The third-order valence-electron chi connectivity index (χ3n) is 2.01. The van der Waals surface area contributed by atoms with Gasteiger partial charge in [-0.1, -0.05) is 0 Å². The monoisotopic (exact) mass is 341 g/mol. The molecular formula is C9H12BrNO4S2. The van der Waals surface area contributed by atoms with Crippen LogP contribution in [0.2, 0.25) is 0 Å². The zero-order valence-electron chi connectivity index (χ0n) is 9.05. The van der Waals surface area contributed by atoms with Crippen LogP contribution in [-0.4, -0.2) is 34.6 Å². The van der Waals surface area contributed by atoms with Crippen LogP contribution in [0.5, 0.6) is 0 Å². The summed E-state index contributed by atoms with van der Waals surface area (Å²) in [7, 11) is -6.93. The molecule has 1 rings (SSSR count). The van der Waals surface area contributed by atoms with Gasteiger partial charge in [-0.2, -0.15) is 0 Å². The minimum absolute atomic E-state index is 0.0513. The Labute approximate surface area is 109 Å². The highest BCUT2D eigenvalue weighted by molar-refractivity contribution is 9.10. The zero-order chi connectivity index (χ0) is 13.3. The highest BCUT2D eigenvalue weighted by Gasteiger charge is 2.20. The molecule has 0 amide bonds. The molecule has 5 nitrogen and oxygen atoms in total. The quantitative estimate of drug-likeness (QED) is 0.819. The fourth-order valence-electron chi connectivity index (χ4n) is 1.14. The minimum atomic E-state index is -3.62. The van der Waals surface area contributed by atoms with Crippen molar-refractivity contribution in [3.05, 3.63) is 22.7 Å². The summed E-state index contributed by atoms with van der Waals surface area (Å²) in [5.74, 6) is -0.833. The van der Waals surface area contributed by atoms with E-state index in [9.17, 15) is 16.8 Å². The van der Waals surface area contributed by atoms with Crippen molar-refractivity contribution in [1.82, 2.24) is 0 Å². The van der Waals surface area contributed by atoms with Gasteiger partial charge in [0.15, 0.2) is 9.84 Å². The molecule has 2 N–H and O–H groups in total. The summed E-state index contributed by atoms with van der Waals surface area (Å²) >= 11 is 3.09. The molecule has 1 aromatic carbocycles. The Morgan fingerprint density at radius 1 is 1.18 bits per heavy atom. The van der Waals surface area contributed by atoms with Crippen molar-refractivity contribution >= 4 is 41.3 Å². The van der Waals surface area contributed by atoms with Gasteiger partial charge in [0.1, 0.15) is 9.84 Å². The number of benzene rings is 1. The molecule has 8 heteroatoms. The van der Waals surface area contributed by atoms with Crippen LogP contribution in [0.25, 0.3) is 0 Å². The molecule has 0 bridgehead atoms. The zero-order valence-corrected chi connectivity index (χ0v) is 12.3. The minimum Gasteiger partial charge on any atom is -0.399 e. The van der Waals surface area contributed by atoms with Crippen molar-refractivity contribution in [2.24, 2.45) is 0 Å². The van der Waals surface area contributed by atoms with Gasteiger partial charge in [0.2, 0.25) is 0 Å². The van der Waals surface area contributed by atoms with E-state index in [0.29, 0.717) is 10.2 Å². The second kappa shape index (κ2) is 4.95. The molecular weight excluding hydrogens is 330 g/mol. The van der Waals surface area contributed by atoms with Crippen LogP contribution in [0.15, 0.2) is 27.6 Å². The van der Waals surface area contributed by atoms with E-state index in [4.69, 9.17) is 5.73 Å². The molecule has 0 spiro atoms. The van der Waals surface area contributed by atoms with E-state index >= 15 is 0 Å². The maximum absolute atomic E-state index is 11.9. The number of hydrogen-bond acceptors (Lipinski definition) is 5. The molecule has 0 saturated carbocycles. The number of halogens is 1. The highest BCUT2D eigenvalue weighted by atomic mass is 79.9. The molecule has 0 radical (unpaired) electrons. The number of sulfone groups is 2. The van der Waals surface area contributed by atoms with E-state index in [1.807, 2.05) is 0 Å². The lowest BCUT2D eigenvalue weighted by Gasteiger charge is -2.06. The first kappa shape index (κ1) is 14.5. The third kappa shape index (κ3) is 4.29. The van der Waals surface area contributed by atoms with E-state index in [2.05, 4.69) is 15.9 Å². The van der Waals surface area contributed by atoms with Gasteiger partial charge < -0.3 is 5.73 Å². The first-order chi connectivity index (χ1) is 7.62. The average molecular weight is 342 g/mol. The molecule has 0 aliphatic carbocycles. The number of rotatable bonds is 4. The standard InChI is InChI=1S/C9H12BrNO4S2/c1-16(12,13)4-5-17(14,15)9-3-2-7(11)6-8(9)10/h2-3,6H,4-5,11H2,1H3. The van der Waals surface area contributed by atoms with Gasteiger partial charge in [-0.25, -0.2) is 16.8 Å². The number of nitrogen functional groups attached to an aromatic ring is 1. The molecule has 96 valence electrons. The predicted octanol–water partition coefficient (Wildman–Crippen LogP) is 0.850. The average Bonchev–Trinajstić information content (AvgIpc) is 2.13. The SMILES string of the molecule is CS(=O)(=O)CCS(=O)(=O)c1ccc(N)cc1Br. The summed E-state index contributed by atoms with van der Waals surface area (Å²) in [6.07, 6.45) is 1.00. The van der Waals surface area contributed by atoms with E-state index in [1.54, 1.807) is 0 Å². The smallest absolute Gasteiger partial charge is 0.180 e. The van der Waals surface area contributed by atoms with Gasteiger partial charge in [0.25, 0.3) is 0 Å². The molecule has 1 aromatic rings.